The number of aromatic nitrogens is 2. The highest BCUT2D eigenvalue weighted by molar-refractivity contribution is 8.14. The zero-order valence-corrected chi connectivity index (χ0v) is 23.4. The van der Waals surface area contributed by atoms with Crippen LogP contribution in [0, 0.1) is 13.8 Å². The molecule has 0 radical (unpaired) electrons. The van der Waals surface area contributed by atoms with Crippen molar-refractivity contribution >= 4 is 56.5 Å². The van der Waals surface area contributed by atoms with E-state index in [1.165, 1.54) is 23.9 Å². The monoisotopic (exact) mass is 587 g/mol. The Morgan fingerprint density at radius 1 is 1.00 bits per heavy atom. The van der Waals surface area contributed by atoms with Gasteiger partial charge in [-0.05, 0) is 72.3 Å². The van der Waals surface area contributed by atoms with Crippen LogP contribution in [0.2, 0.25) is 0 Å². The van der Waals surface area contributed by atoms with Gasteiger partial charge in [0.15, 0.2) is 5.17 Å². The third-order valence-corrected chi connectivity index (χ3v) is 7.84. The molecule has 1 amide bonds. The van der Waals surface area contributed by atoms with E-state index in [1.54, 1.807) is 29.6 Å². The smallest absolute Gasteiger partial charge is 0.406 e. The number of hydrogen-bond acceptors (Lipinski definition) is 6. The van der Waals surface area contributed by atoms with Crippen molar-refractivity contribution in [2.75, 3.05) is 10.7 Å². The van der Waals surface area contributed by atoms with Gasteiger partial charge in [0.05, 0.1) is 22.9 Å². The van der Waals surface area contributed by atoms with Gasteiger partial charge in [-0.1, -0.05) is 48.2 Å². The summed E-state index contributed by atoms with van der Waals surface area (Å²) in [5.74, 6) is 0.366. The van der Waals surface area contributed by atoms with Crippen molar-refractivity contribution in [1.82, 2.24) is 9.55 Å². The molecule has 1 saturated heterocycles. The molecular weight excluding hydrogens is 563 g/mol. The highest BCUT2D eigenvalue weighted by Crippen LogP contribution is 2.32. The molecule has 0 bridgehead atoms. The molecule has 1 aromatic heterocycles. The summed E-state index contributed by atoms with van der Waals surface area (Å²) in [5, 5.41) is 11.2. The van der Waals surface area contributed by atoms with E-state index in [9.17, 15) is 18.0 Å². The quantitative estimate of drug-likeness (QED) is 0.157. The number of aryl methyl sites for hydroxylation is 2. The molecule has 0 spiro atoms. The van der Waals surface area contributed by atoms with Crippen molar-refractivity contribution in [2.24, 2.45) is 10.2 Å². The van der Waals surface area contributed by atoms with Crippen molar-refractivity contribution in [3.8, 4) is 11.4 Å². The van der Waals surface area contributed by atoms with E-state index in [1.807, 2.05) is 66.9 Å². The van der Waals surface area contributed by atoms with Crippen molar-refractivity contribution in [1.29, 1.82) is 0 Å². The minimum Gasteiger partial charge on any atom is -0.406 e. The Labute approximate surface area is 243 Å². The van der Waals surface area contributed by atoms with Gasteiger partial charge in [-0.3, -0.25) is 14.3 Å². The molecule has 1 aliphatic rings. The lowest BCUT2D eigenvalue weighted by atomic mass is 10.1. The first kappa shape index (κ1) is 27.5. The van der Waals surface area contributed by atoms with E-state index >= 15 is 0 Å². The normalized spacial score (nSPS) is 15.4. The number of carbonyl (C=O) groups excluding carboxylic acids is 1. The average Bonchev–Trinajstić information content (AvgIpc) is 3.38. The first-order chi connectivity index (χ1) is 20.2. The molecule has 42 heavy (non-hydrogen) atoms. The van der Waals surface area contributed by atoms with Crippen LogP contribution in [0.15, 0.2) is 89.3 Å². The lowest BCUT2D eigenvalue weighted by Gasteiger charge is -2.29. The number of rotatable bonds is 5. The zero-order valence-electron chi connectivity index (χ0n) is 22.6. The fraction of sp³-hybridized carbons (Fsp3) is 0.161. The standard InChI is InChI=1S/C31H24F3N5O2S/c1-19-4-3-5-20(2)29(19)39-27(40)14-15-42-30(39)37-36-17-21-6-12-25-22(16-21)7-13-26-28(25)35-18-38(26)23-8-10-24(11-9-23)41-31(32,33)34/h3-13,16-18H,14-15H2,1-2H3/b36-17+,37-30-. The second kappa shape index (κ2) is 11.0. The number of thioether (sulfide) groups is 1. The molecule has 6 rings (SSSR count). The van der Waals surface area contributed by atoms with Crippen LogP contribution in [-0.4, -0.2) is 39.0 Å². The van der Waals surface area contributed by atoms with Crippen molar-refractivity contribution in [3.05, 3.63) is 95.8 Å². The summed E-state index contributed by atoms with van der Waals surface area (Å²) < 4.78 is 43.3. The molecule has 0 unspecified atom stereocenters. The highest BCUT2D eigenvalue weighted by Gasteiger charge is 2.31. The summed E-state index contributed by atoms with van der Waals surface area (Å²) in [5.41, 5.74) is 5.90. The number of nitrogens with zero attached hydrogens (tertiary/aromatic N) is 5. The summed E-state index contributed by atoms with van der Waals surface area (Å²) in [6, 6.07) is 21.3. The predicted octanol–water partition coefficient (Wildman–Crippen LogP) is 7.55. The Morgan fingerprint density at radius 3 is 2.50 bits per heavy atom. The molecule has 2 heterocycles. The van der Waals surface area contributed by atoms with Gasteiger partial charge >= 0.3 is 6.36 Å². The zero-order chi connectivity index (χ0) is 29.4. The first-order valence-corrected chi connectivity index (χ1v) is 14.1. The maximum absolute atomic E-state index is 12.9. The van der Waals surface area contributed by atoms with Gasteiger partial charge < -0.3 is 4.74 Å². The molecule has 4 aromatic carbocycles. The van der Waals surface area contributed by atoms with Crippen LogP contribution in [0.5, 0.6) is 5.75 Å². The number of carbonyl (C=O) groups is 1. The Kier molecular flexibility index (Phi) is 7.19. The van der Waals surface area contributed by atoms with Crippen molar-refractivity contribution in [3.63, 3.8) is 0 Å². The fourth-order valence-corrected chi connectivity index (χ4v) is 5.92. The number of anilines is 1. The number of amidine groups is 1. The molecule has 0 atom stereocenters. The third-order valence-electron chi connectivity index (χ3n) is 6.91. The highest BCUT2D eigenvalue weighted by atomic mass is 32.2. The minimum absolute atomic E-state index is 0.000145. The maximum Gasteiger partial charge on any atom is 0.573 e. The van der Waals surface area contributed by atoms with E-state index in [2.05, 4.69) is 19.9 Å². The molecule has 0 saturated carbocycles. The van der Waals surface area contributed by atoms with Gasteiger partial charge in [0.1, 0.15) is 12.1 Å². The lowest BCUT2D eigenvalue weighted by molar-refractivity contribution is -0.274. The first-order valence-electron chi connectivity index (χ1n) is 13.1. The van der Waals surface area contributed by atoms with Gasteiger partial charge in [-0.15, -0.1) is 18.3 Å². The summed E-state index contributed by atoms with van der Waals surface area (Å²) in [6.07, 6.45) is -1.01. The van der Waals surface area contributed by atoms with E-state index in [4.69, 9.17) is 0 Å². The molecule has 0 N–H and O–H groups in total. The molecule has 1 fully saturated rings. The second-order valence-electron chi connectivity index (χ2n) is 9.77. The van der Waals surface area contributed by atoms with Crippen molar-refractivity contribution in [2.45, 2.75) is 26.6 Å². The van der Waals surface area contributed by atoms with Gasteiger partial charge in [0.25, 0.3) is 0 Å². The predicted molar refractivity (Wildman–Crippen MR) is 161 cm³/mol. The summed E-state index contributed by atoms with van der Waals surface area (Å²) in [4.78, 5) is 19.1. The maximum atomic E-state index is 12.9. The number of benzene rings is 4. The topological polar surface area (TPSA) is 72.1 Å². The molecule has 7 nitrogen and oxygen atoms in total. The molecule has 11 heteroatoms. The van der Waals surface area contributed by atoms with Crippen LogP contribution in [0.3, 0.4) is 0 Å². The largest absolute Gasteiger partial charge is 0.573 e. The number of para-hydroxylation sites is 1. The van der Waals surface area contributed by atoms with E-state index in [0.717, 1.165) is 44.2 Å². The van der Waals surface area contributed by atoms with Crippen LogP contribution in [0.1, 0.15) is 23.1 Å². The van der Waals surface area contributed by atoms with Gasteiger partial charge in [0, 0.05) is 23.2 Å². The van der Waals surface area contributed by atoms with Crippen LogP contribution >= 0.6 is 11.8 Å². The van der Waals surface area contributed by atoms with Crippen molar-refractivity contribution < 1.29 is 22.7 Å². The summed E-state index contributed by atoms with van der Waals surface area (Å²) >= 11 is 1.50. The summed E-state index contributed by atoms with van der Waals surface area (Å²) in [6.45, 7) is 3.96. The van der Waals surface area contributed by atoms with E-state index < -0.39 is 6.36 Å². The summed E-state index contributed by atoms with van der Waals surface area (Å²) in [7, 11) is 0. The molecule has 212 valence electrons. The Bertz CT molecular complexity index is 1860. The number of imidazole rings is 1. The van der Waals surface area contributed by atoms with Crippen LogP contribution in [-0.2, 0) is 4.79 Å². The van der Waals surface area contributed by atoms with Crippen LogP contribution in [0.25, 0.3) is 27.5 Å². The van der Waals surface area contributed by atoms with E-state index in [0.29, 0.717) is 23.0 Å². The average molecular weight is 588 g/mol. The Morgan fingerprint density at radius 2 is 1.76 bits per heavy atom. The number of fused-ring (bicyclic) bond motifs is 3. The Hall–Kier alpha value is -4.64. The fourth-order valence-electron chi connectivity index (χ4n) is 5.03. The van der Waals surface area contributed by atoms with Gasteiger partial charge in [-0.2, -0.15) is 5.10 Å². The number of alkyl halides is 3. The number of hydrogen-bond donors (Lipinski definition) is 0. The van der Waals surface area contributed by atoms with Crippen LogP contribution < -0.4 is 9.64 Å². The third kappa shape index (κ3) is 5.47. The van der Waals surface area contributed by atoms with Crippen LogP contribution in [0.4, 0.5) is 18.9 Å². The van der Waals surface area contributed by atoms with Gasteiger partial charge in [0.2, 0.25) is 5.91 Å². The second-order valence-corrected chi connectivity index (χ2v) is 10.8. The molecule has 1 aliphatic heterocycles. The lowest BCUT2D eigenvalue weighted by Crippen LogP contribution is -2.40. The molecular formula is C31H24F3N5O2S. The minimum atomic E-state index is -4.74. The number of halogens is 3. The number of amides is 1. The molecule has 0 aliphatic carbocycles. The number of ether oxygens (including phenoxy) is 1. The van der Waals surface area contributed by atoms with E-state index in [-0.39, 0.29) is 11.7 Å². The molecule has 5 aromatic rings. The SMILES string of the molecule is Cc1cccc(C)c1N1C(=O)CCS/C1=N\N=C\c1ccc2c(ccc3c2ncn3-c2ccc(OC(F)(F)F)cc2)c1. The van der Waals surface area contributed by atoms with Gasteiger partial charge in [-0.25, -0.2) is 4.98 Å². The Balaban J connectivity index is 1.27.